The maximum atomic E-state index is 12.1. The summed E-state index contributed by atoms with van der Waals surface area (Å²) in [6.07, 6.45) is 0. The van der Waals surface area contributed by atoms with Crippen molar-refractivity contribution in [3.8, 4) is 20.9 Å². The Hall–Kier alpha value is -2.15. The smallest absolute Gasteiger partial charge is 0.338 e. The summed E-state index contributed by atoms with van der Waals surface area (Å²) in [6.45, 7) is 0. The summed E-state index contributed by atoms with van der Waals surface area (Å²) >= 11 is 10.9. The van der Waals surface area contributed by atoms with E-state index in [9.17, 15) is 9.59 Å². The Labute approximate surface area is 173 Å². The van der Waals surface area contributed by atoms with Crippen molar-refractivity contribution in [2.24, 2.45) is 0 Å². The van der Waals surface area contributed by atoms with E-state index < -0.39 is 11.9 Å². The lowest BCUT2D eigenvalue weighted by Gasteiger charge is -2.08. The third-order valence-electron chi connectivity index (χ3n) is 3.91. The first-order valence-corrected chi connectivity index (χ1v) is 9.79. The van der Waals surface area contributed by atoms with Crippen molar-refractivity contribution in [3.05, 3.63) is 69.2 Å². The number of hydrogen-bond acceptors (Lipinski definition) is 5. The minimum absolute atomic E-state index is 0.391. The standard InChI is InChI=1S/C20H14BrClO4S/c1-25-19(23)15-9-11(21)3-5-13(15)17-7-8-18(27-17)14-6-4-12(22)10-16(14)20(24)26-2/h3-10H,1-2H3. The van der Waals surface area contributed by atoms with Crippen LogP contribution in [0.3, 0.4) is 0 Å². The first-order valence-electron chi connectivity index (χ1n) is 7.81. The molecule has 27 heavy (non-hydrogen) atoms. The molecule has 0 saturated carbocycles. The van der Waals surface area contributed by atoms with Crippen LogP contribution < -0.4 is 0 Å². The summed E-state index contributed by atoms with van der Waals surface area (Å²) in [6, 6.07) is 14.3. The monoisotopic (exact) mass is 464 g/mol. The molecule has 0 amide bonds. The topological polar surface area (TPSA) is 52.6 Å². The molecule has 0 fully saturated rings. The van der Waals surface area contributed by atoms with Gasteiger partial charge < -0.3 is 9.47 Å². The van der Waals surface area contributed by atoms with Gasteiger partial charge >= 0.3 is 11.9 Å². The van der Waals surface area contributed by atoms with Crippen molar-refractivity contribution in [2.75, 3.05) is 14.2 Å². The highest BCUT2D eigenvalue weighted by Gasteiger charge is 2.19. The Morgan fingerprint density at radius 2 is 1.37 bits per heavy atom. The molecule has 4 nitrogen and oxygen atoms in total. The fourth-order valence-corrected chi connectivity index (χ4v) is 4.27. The van der Waals surface area contributed by atoms with Crippen LogP contribution in [0, 0.1) is 0 Å². The highest BCUT2D eigenvalue weighted by molar-refractivity contribution is 9.10. The van der Waals surface area contributed by atoms with Crippen LogP contribution in [0.1, 0.15) is 20.7 Å². The number of carbonyl (C=O) groups is 2. The average Bonchev–Trinajstić information content (AvgIpc) is 3.16. The fourth-order valence-electron chi connectivity index (χ4n) is 2.65. The normalized spacial score (nSPS) is 10.5. The SMILES string of the molecule is COC(=O)c1cc(Cl)ccc1-c1ccc(-c2ccc(Br)cc2C(=O)OC)s1. The van der Waals surface area contributed by atoms with Gasteiger partial charge in [0.15, 0.2) is 0 Å². The summed E-state index contributed by atoms with van der Waals surface area (Å²) in [4.78, 5) is 26.0. The zero-order chi connectivity index (χ0) is 19.6. The van der Waals surface area contributed by atoms with Gasteiger partial charge in [-0.3, -0.25) is 0 Å². The Bertz CT molecular complexity index is 949. The summed E-state index contributed by atoms with van der Waals surface area (Å²) in [5.41, 5.74) is 2.33. The van der Waals surface area contributed by atoms with Gasteiger partial charge in [0.2, 0.25) is 0 Å². The molecule has 0 atom stereocenters. The second-order valence-electron chi connectivity index (χ2n) is 5.53. The zero-order valence-corrected chi connectivity index (χ0v) is 17.6. The zero-order valence-electron chi connectivity index (χ0n) is 14.4. The van der Waals surface area contributed by atoms with Crippen LogP contribution in [0.15, 0.2) is 53.0 Å². The molecule has 0 bridgehead atoms. The summed E-state index contributed by atoms with van der Waals surface area (Å²) in [7, 11) is 2.68. The first kappa shape index (κ1) is 19.6. The first-order chi connectivity index (χ1) is 12.9. The number of esters is 2. The van der Waals surface area contributed by atoms with Crippen molar-refractivity contribution >= 4 is 50.8 Å². The third-order valence-corrected chi connectivity index (χ3v) is 5.79. The van der Waals surface area contributed by atoms with Crippen molar-refractivity contribution < 1.29 is 19.1 Å². The second kappa shape index (κ2) is 8.25. The molecule has 0 aliphatic carbocycles. The average molecular weight is 466 g/mol. The number of methoxy groups -OCH3 is 2. The third kappa shape index (κ3) is 4.08. The number of halogens is 2. The molecule has 7 heteroatoms. The van der Waals surface area contributed by atoms with E-state index in [4.69, 9.17) is 21.1 Å². The second-order valence-corrected chi connectivity index (χ2v) is 7.96. The molecule has 0 N–H and O–H groups in total. The molecule has 0 spiro atoms. The molecule has 0 aliphatic heterocycles. The van der Waals surface area contributed by atoms with Gasteiger partial charge in [-0.1, -0.05) is 39.7 Å². The van der Waals surface area contributed by atoms with Crippen LogP contribution >= 0.6 is 38.9 Å². The van der Waals surface area contributed by atoms with Crippen molar-refractivity contribution in [3.63, 3.8) is 0 Å². The molecular formula is C20H14BrClO4S. The number of thiophene rings is 1. The summed E-state index contributed by atoms with van der Waals surface area (Å²) < 4.78 is 10.5. The largest absolute Gasteiger partial charge is 0.465 e. The molecular weight excluding hydrogens is 452 g/mol. The number of rotatable bonds is 4. The molecule has 0 aliphatic rings. The van der Waals surface area contributed by atoms with E-state index in [-0.39, 0.29) is 0 Å². The molecule has 1 heterocycles. The molecule has 0 radical (unpaired) electrons. The molecule has 0 saturated heterocycles. The predicted octanol–water partition coefficient (Wildman–Crippen LogP) is 6.07. The molecule has 3 rings (SSSR count). The van der Waals surface area contributed by atoms with E-state index in [2.05, 4.69) is 15.9 Å². The molecule has 0 unspecified atom stereocenters. The Morgan fingerprint density at radius 1 is 0.852 bits per heavy atom. The molecule has 1 aromatic heterocycles. The van der Waals surface area contributed by atoms with Crippen LogP contribution in [-0.4, -0.2) is 26.2 Å². The van der Waals surface area contributed by atoms with Gasteiger partial charge in [0.25, 0.3) is 0 Å². The Kier molecular flexibility index (Phi) is 5.99. The predicted molar refractivity (Wildman–Crippen MR) is 111 cm³/mol. The van der Waals surface area contributed by atoms with Gasteiger partial charge in [-0.05, 0) is 36.4 Å². The van der Waals surface area contributed by atoms with Crippen molar-refractivity contribution in [2.45, 2.75) is 0 Å². The number of hydrogen-bond donors (Lipinski definition) is 0. The van der Waals surface area contributed by atoms with Gasteiger partial charge in [0.05, 0.1) is 25.3 Å². The van der Waals surface area contributed by atoms with Gasteiger partial charge in [0, 0.05) is 30.4 Å². The number of carbonyl (C=O) groups excluding carboxylic acids is 2. The van der Waals surface area contributed by atoms with E-state index >= 15 is 0 Å². The summed E-state index contributed by atoms with van der Waals surface area (Å²) in [5.74, 6) is -0.871. The lowest BCUT2D eigenvalue weighted by molar-refractivity contribution is 0.0592. The maximum Gasteiger partial charge on any atom is 0.338 e. The minimum atomic E-state index is -0.457. The van der Waals surface area contributed by atoms with Crippen LogP contribution in [0.4, 0.5) is 0 Å². The van der Waals surface area contributed by atoms with Gasteiger partial charge in [0.1, 0.15) is 0 Å². The highest BCUT2D eigenvalue weighted by atomic mass is 79.9. The maximum absolute atomic E-state index is 12.1. The van der Waals surface area contributed by atoms with Crippen LogP contribution in [0.2, 0.25) is 5.02 Å². The van der Waals surface area contributed by atoms with Crippen molar-refractivity contribution in [1.82, 2.24) is 0 Å². The lowest BCUT2D eigenvalue weighted by Crippen LogP contribution is -2.03. The van der Waals surface area contributed by atoms with E-state index in [0.717, 1.165) is 25.4 Å². The molecule has 138 valence electrons. The highest BCUT2D eigenvalue weighted by Crippen LogP contribution is 2.39. The summed E-state index contributed by atoms with van der Waals surface area (Å²) in [5, 5.41) is 0.455. The van der Waals surface area contributed by atoms with E-state index in [1.165, 1.54) is 25.6 Å². The quantitative estimate of drug-likeness (QED) is 0.439. The molecule has 3 aromatic rings. The Morgan fingerprint density at radius 3 is 1.93 bits per heavy atom. The van der Waals surface area contributed by atoms with Gasteiger partial charge in [-0.15, -0.1) is 11.3 Å². The van der Waals surface area contributed by atoms with Crippen LogP contribution in [0.25, 0.3) is 20.9 Å². The lowest BCUT2D eigenvalue weighted by atomic mass is 10.1. The van der Waals surface area contributed by atoms with E-state index in [1.54, 1.807) is 24.3 Å². The van der Waals surface area contributed by atoms with Gasteiger partial charge in [-0.25, -0.2) is 9.59 Å². The van der Waals surface area contributed by atoms with Crippen LogP contribution in [-0.2, 0) is 9.47 Å². The van der Waals surface area contributed by atoms with Crippen LogP contribution in [0.5, 0.6) is 0 Å². The van der Waals surface area contributed by atoms with E-state index in [1.807, 2.05) is 24.3 Å². The molecule has 2 aromatic carbocycles. The Balaban J connectivity index is 2.10. The van der Waals surface area contributed by atoms with E-state index in [0.29, 0.717) is 16.1 Å². The minimum Gasteiger partial charge on any atom is -0.465 e. The number of ether oxygens (including phenoxy) is 2. The van der Waals surface area contributed by atoms with Crippen molar-refractivity contribution in [1.29, 1.82) is 0 Å². The fraction of sp³-hybridized carbons (Fsp3) is 0.100. The number of benzene rings is 2. The van der Waals surface area contributed by atoms with Gasteiger partial charge in [-0.2, -0.15) is 0 Å².